The summed E-state index contributed by atoms with van der Waals surface area (Å²) in [6.45, 7) is 0.700. The molecule has 0 bridgehead atoms. The number of imidazole rings is 1. The minimum atomic E-state index is -0.540. The van der Waals surface area contributed by atoms with Gasteiger partial charge in [0.25, 0.3) is 5.91 Å². The van der Waals surface area contributed by atoms with Gasteiger partial charge in [-0.15, -0.1) is 0 Å². The van der Waals surface area contributed by atoms with Crippen molar-refractivity contribution in [1.29, 1.82) is 0 Å². The first-order valence-corrected chi connectivity index (χ1v) is 5.65. The lowest BCUT2D eigenvalue weighted by atomic mass is 10.2. The van der Waals surface area contributed by atoms with Crippen LogP contribution in [0.25, 0.3) is 0 Å². The number of amides is 1. The van der Waals surface area contributed by atoms with E-state index in [0.29, 0.717) is 17.5 Å². The molecular formula is C8H10N6OS. The van der Waals surface area contributed by atoms with E-state index >= 15 is 0 Å². The summed E-state index contributed by atoms with van der Waals surface area (Å²) in [7, 11) is 0. The van der Waals surface area contributed by atoms with Crippen LogP contribution in [0.2, 0.25) is 0 Å². The molecule has 0 aliphatic carbocycles. The Hall–Kier alpha value is -1.70. The number of thioether (sulfide) groups is 1. The summed E-state index contributed by atoms with van der Waals surface area (Å²) in [4.78, 5) is 19.4. The van der Waals surface area contributed by atoms with Gasteiger partial charge in [0, 0.05) is 6.54 Å². The number of hydrogen-bond donors (Lipinski definition) is 3. The summed E-state index contributed by atoms with van der Waals surface area (Å²) in [5.74, 6) is 0.0927. The second kappa shape index (κ2) is 3.14. The quantitative estimate of drug-likeness (QED) is 0.601. The molecule has 5 N–H and O–H groups in total. The standard InChI is InChI=1S/C8H10N6OS/c9-5(15)4-7-11-1-3-6(13-8(10)16-3)14(7)2-12-4/h2-3,6,11H,1H2,(H2,9,15)(H2,10,13). The molecule has 1 amide bonds. The van der Waals surface area contributed by atoms with E-state index in [4.69, 9.17) is 11.5 Å². The Kier molecular flexibility index (Phi) is 1.87. The van der Waals surface area contributed by atoms with Crippen molar-refractivity contribution < 1.29 is 4.79 Å². The Morgan fingerprint density at radius 1 is 1.69 bits per heavy atom. The molecular weight excluding hydrogens is 228 g/mol. The highest BCUT2D eigenvalue weighted by atomic mass is 32.2. The molecule has 7 nitrogen and oxygen atoms in total. The molecule has 3 rings (SSSR count). The third-order valence-corrected chi connectivity index (χ3v) is 3.71. The lowest BCUT2D eigenvalue weighted by Crippen LogP contribution is -2.32. The van der Waals surface area contributed by atoms with Crippen molar-refractivity contribution in [1.82, 2.24) is 9.55 Å². The Balaban J connectivity index is 2.07. The fourth-order valence-corrected chi connectivity index (χ4v) is 2.92. The zero-order chi connectivity index (χ0) is 11.3. The van der Waals surface area contributed by atoms with Gasteiger partial charge >= 0.3 is 0 Å². The maximum Gasteiger partial charge on any atom is 0.271 e. The largest absolute Gasteiger partial charge is 0.378 e. The lowest BCUT2D eigenvalue weighted by Gasteiger charge is -2.26. The zero-order valence-corrected chi connectivity index (χ0v) is 9.07. The van der Waals surface area contributed by atoms with Gasteiger partial charge in [0.15, 0.2) is 10.9 Å². The highest BCUT2D eigenvalue weighted by Crippen LogP contribution is 2.38. The summed E-state index contributed by atoms with van der Waals surface area (Å²) < 4.78 is 1.81. The van der Waals surface area contributed by atoms with E-state index < -0.39 is 5.91 Å². The third kappa shape index (κ3) is 1.19. The van der Waals surface area contributed by atoms with E-state index in [2.05, 4.69) is 15.3 Å². The summed E-state index contributed by atoms with van der Waals surface area (Å²) in [6, 6.07) is 0. The van der Waals surface area contributed by atoms with Gasteiger partial charge in [-0.25, -0.2) is 9.98 Å². The SMILES string of the molecule is NC(=O)c1ncn2c1NCC1SC(N)=NC12. The summed E-state index contributed by atoms with van der Waals surface area (Å²) >= 11 is 1.53. The average Bonchev–Trinajstić information content (AvgIpc) is 2.77. The minimum absolute atomic E-state index is 0.0816. The molecule has 0 fully saturated rings. The van der Waals surface area contributed by atoms with E-state index in [9.17, 15) is 4.79 Å². The van der Waals surface area contributed by atoms with E-state index in [0.717, 1.165) is 0 Å². The lowest BCUT2D eigenvalue weighted by molar-refractivity contribution is 0.0996. The van der Waals surface area contributed by atoms with Crippen LogP contribution in [0.1, 0.15) is 16.7 Å². The van der Waals surface area contributed by atoms with Crippen LogP contribution in [0.15, 0.2) is 11.3 Å². The number of fused-ring (bicyclic) bond motifs is 3. The topological polar surface area (TPSA) is 111 Å². The Morgan fingerprint density at radius 2 is 2.50 bits per heavy atom. The zero-order valence-electron chi connectivity index (χ0n) is 8.25. The summed E-state index contributed by atoms with van der Waals surface area (Å²) in [6.07, 6.45) is 1.49. The van der Waals surface area contributed by atoms with E-state index in [1.807, 2.05) is 0 Å². The Morgan fingerprint density at radius 3 is 3.25 bits per heavy atom. The molecule has 0 saturated heterocycles. The maximum atomic E-state index is 11.1. The number of nitrogens with one attached hydrogen (secondary N) is 1. The number of hydrogen-bond acceptors (Lipinski definition) is 6. The number of carbonyl (C=O) groups excluding carboxylic acids is 1. The molecule has 0 spiro atoms. The number of carbonyl (C=O) groups is 1. The predicted molar refractivity (Wildman–Crippen MR) is 61.3 cm³/mol. The molecule has 84 valence electrons. The first-order valence-electron chi connectivity index (χ1n) is 4.77. The molecule has 2 aliphatic rings. The fraction of sp³-hybridized carbons (Fsp3) is 0.375. The molecule has 1 aromatic heterocycles. The van der Waals surface area contributed by atoms with Crippen molar-refractivity contribution >= 4 is 28.7 Å². The molecule has 0 saturated carbocycles. The van der Waals surface area contributed by atoms with Crippen LogP contribution in [0.5, 0.6) is 0 Å². The average molecular weight is 238 g/mol. The molecule has 2 atom stereocenters. The molecule has 2 aliphatic heterocycles. The van der Waals surface area contributed by atoms with Gasteiger partial charge < -0.3 is 16.8 Å². The van der Waals surface area contributed by atoms with Crippen molar-refractivity contribution in [3.8, 4) is 0 Å². The van der Waals surface area contributed by atoms with E-state index in [-0.39, 0.29) is 17.1 Å². The van der Waals surface area contributed by atoms with Crippen LogP contribution in [0, 0.1) is 0 Å². The van der Waals surface area contributed by atoms with Gasteiger partial charge in [0.1, 0.15) is 12.0 Å². The molecule has 3 heterocycles. The number of nitrogens with two attached hydrogens (primary N) is 2. The first-order chi connectivity index (χ1) is 7.66. The smallest absolute Gasteiger partial charge is 0.271 e. The number of rotatable bonds is 1. The van der Waals surface area contributed by atoms with Crippen molar-refractivity contribution in [2.75, 3.05) is 11.9 Å². The van der Waals surface area contributed by atoms with Gasteiger partial charge in [-0.2, -0.15) is 0 Å². The number of anilines is 1. The van der Waals surface area contributed by atoms with Crippen LogP contribution < -0.4 is 16.8 Å². The Labute approximate surface area is 95.3 Å². The Bertz CT molecular complexity index is 495. The van der Waals surface area contributed by atoms with Crippen LogP contribution in [-0.2, 0) is 0 Å². The number of amidine groups is 1. The summed E-state index contributed by atoms with van der Waals surface area (Å²) in [5, 5.41) is 3.96. The predicted octanol–water partition coefficient (Wildman–Crippen LogP) is -0.664. The van der Waals surface area contributed by atoms with Crippen molar-refractivity contribution in [2.24, 2.45) is 16.5 Å². The van der Waals surface area contributed by atoms with Gasteiger partial charge in [-0.3, -0.25) is 9.36 Å². The van der Waals surface area contributed by atoms with Crippen LogP contribution in [0.3, 0.4) is 0 Å². The van der Waals surface area contributed by atoms with Gasteiger partial charge in [0.2, 0.25) is 0 Å². The van der Waals surface area contributed by atoms with E-state index in [1.165, 1.54) is 11.8 Å². The molecule has 8 heteroatoms. The van der Waals surface area contributed by atoms with Gasteiger partial charge in [-0.1, -0.05) is 11.8 Å². The third-order valence-electron chi connectivity index (χ3n) is 2.65. The molecule has 16 heavy (non-hydrogen) atoms. The summed E-state index contributed by atoms with van der Waals surface area (Å²) in [5.41, 5.74) is 11.2. The number of aromatic nitrogens is 2. The van der Waals surface area contributed by atoms with Crippen LogP contribution >= 0.6 is 11.8 Å². The van der Waals surface area contributed by atoms with E-state index in [1.54, 1.807) is 10.9 Å². The number of nitrogens with zero attached hydrogens (tertiary/aromatic N) is 3. The van der Waals surface area contributed by atoms with Crippen LogP contribution in [0.4, 0.5) is 5.82 Å². The molecule has 2 unspecified atom stereocenters. The van der Waals surface area contributed by atoms with Crippen molar-refractivity contribution in [3.05, 3.63) is 12.0 Å². The monoisotopic (exact) mass is 238 g/mol. The fourth-order valence-electron chi connectivity index (χ4n) is 1.96. The highest BCUT2D eigenvalue weighted by Gasteiger charge is 2.36. The number of primary amides is 1. The number of aliphatic imine (C=N–C) groups is 1. The second-order valence-corrected chi connectivity index (χ2v) is 4.89. The normalized spacial score (nSPS) is 26.6. The highest BCUT2D eigenvalue weighted by molar-refractivity contribution is 8.14. The van der Waals surface area contributed by atoms with Crippen molar-refractivity contribution in [3.63, 3.8) is 0 Å². The first kappa shape index (κ1) is 9.52. The maximum absolute atomic E-state index is 11.1. The second-order valence-electron chi connectivity index (χ2n) is 3.63. The van der Waals surface area contributed by atoms with Crippen LogP contribution in [-0.4, -0.2) is 32.4 Å². The van der Waals surface area contributed by atoms with Gasteiger partial charge in [0.05, 0.1) is 11.6 Å². The van der Waals surface area contributed by atoms with Crippen molar-refractivity contribution in [2.45, 2.75) is 11.4 Å². The molecule has 0 radical (unpaired) electrons. The minimum Gasteiger partial charge on any atom is -0.378 e. The molecule has 0 aromatic carbocycles. The molecule has 1 aromatic rings. The van der Waals surface area contributed by atoms with Gasteiger partial charge in [-0.05, 0) is 0 Å².